The van der Waals surface area contributed by atoms with E-state index in [-0.39, 0.29) is 0 Å². The van der Waals surface area contributed by atoms with E-state index in [0.29, 0.717) is 6.04 Å². The molecule has 3 aromatic rings. The highest BCUT2D eigenvalue weighted by Gasteiger charge is 2.12. The summed E-state index contributed by atoms with van der Waals surface area (Å²) in [5, 5.41) is 5.70. The summed E-state index contributed by atoms with van der Waals surface area (Å²) in [6.45, 7) is 5.40. The van der Waals surface area contributed by atoms with Gasteiger partial charge in [0, 0.05) is 34.3 Å². The monoisotopic (exact) mass is 297 g/mol. The SMILES string of the molecule is CCCNC(C)c1cnc(-c2cccc3cccnc23)s1. The van der Waals surface area contributed by atoms with Gasteiger partial charge in [-0.25, -0.2) is 4.98 Å². The van der Waals surface area contributed by atoms with Crippen LogP contribution in [0.25, 0.3) is 21.5 Å². The van der Waals surface area contributed by atoms with Crippen molar-refractivity contribution < 1.29 is 0 Å². The number of nitrogens with zero attached hydrogens (tertiary/aromatic N) is 2. The van der Waals surface area contributed by atoms with E-state index in [9.17, 15) is 0 Å². The number of para-hydroxylation sites is 1. The summed E-state index contributed by atoms with van der Waals surface area (Å²) >= 11 is 1.75. The first-order valence-corrected chi connectivity index (χ1v) is 8.14. The molecular weight excluding hydrogens is 278 g/mol. The molecule has 2 heterocycles. The molecule has 21 heavy (non-hydrogen) atoms. The van der Waals surface area contributed by atoms with Crippen molar-refractivity contribution in [1.82, 2.24) is 15.3 Å². The Bertz CT molecular complexity index is 730. The van der Waals surface area contributed by atoms with Crippen molar-refractivity contribution in [2.75, 3.05) is 6.54 Å². The fourth-order valence-corrected chi connectivity index (χ4v) is 3.32. The molecule has 1 atom stereocenters. The molecule has 0 saturated heterocycles. The van der Waals surface area contributed by atoms with Crippen molar-refractivity contribution in [3.05, 3.63) is 47.6 Å². The summed E-state index contributed by atoms with van der Waals surface area (Å²) in [7, 11) is 0. The summed E-state index contributed by atoms with van der Waals surface area (Å²) in [5.41, 5.74) is 2.14. The van der Waals surface area contributed by atoms with Crippen LogP contribution >= 0.6 is 11.3 Å². The normalized spacial score (nSPS) is 12.7. The molecule has 3 nitrogen and oxygen atoms in total. The molecule has 0 spiro atoms. The van der Waals surface area contributed by atoms with Gasteiger partial charge in [-0.1, -0.05) is 25.1 Å². The number of hydrogen-bond acceptors (Lipinski definition) is 4. The summed E-state index contributed by atoms with van der Waals surface area (Å²) in [4.78, 5) is 10.4. The Hall–Kier alpha value is -1.78. The van der Waals surface area contributed by atoms with Gasteiger partial charge in [-0.3, -0.25) is 4.98 Å². The van der Waals surface area contributed by atoms with Crippen LogP contribution in [0.3, 0.4) is 0 Å². The van der Waals surface area contributed by atoms with E-state index in [0.717, 1.165) is 34.4 Å². The van der Waals surface area contributed by atoms with Crippen LogP contribution in [0.1, 0.15) is 31.2 Å². The summed E-state index contributed by atoms with van der Waals surface area (Å²) < 4.78 is 0. The molecule has 0 aliphatic heterocycles. The lowest BCUT2D eigenvalue weighted by molar-refractivity contribution is 0.577. The quantitative estimate of drug-likeness (QED) is 0.757. The highest BCUT2D eigenvalue weighted by atomic mass is 32.1. The Balaban J connectivity index is 1.95. The molecule has 0 aliphatic rings. The summed E-state index contributed by atoms with van der Waals surface area (Å²) in [5.74, 6) is 0. The van der Waals surface area contributed by atoms with Crippen molar-refractivity contribution in [3.8, 4) is 10.6 Å². The first-order chi connectivity index (χ1) is 10.3. The van der Waals surface area contributed by atoms with Gasteiger partial charge < -0.3 is 5.32 Å². The molecule has 108 valence electrons. The predicted octanol–water partition coefficient (Wildman–Crippen LogP) is 4.42. The van der Waals surface area contributed by atoms with Crippen molar-refractivity contribution in [2.24, 2.45) is 0 Å². The molecule has 4 heteroatoms. The van der Waals surface area contributed by atoms with Crippen LogP contribution in [-0.4, -0.2) is 16.5 Å². The van der Waals surface area contributed by atoms with E-state index in [4.69, 9.17) is 0 Å². The molecule has 1 aromatic carbocycles. The molecule has 1 unspecified atom stereocenters. The van der Waals surface area contributed by atoms with Crippen LogP contribution in [0.15, 0.2) is 42.7 Å². The maximum absolute atomic E-state index is 4.60. The minimum absolute atomic E-state index is 0.346. The molecule has 0 fully saturated rings. The van der Waals surface area contributed by atoms with Crippen LogP contribution in [0.5, 0.6) is 0 Å². The Morgan fingerprint density at radius 2 is 2.05 bits per heavy atom. The van der Waals surface area contributed by atoms with Crippen molar-refractivity contribution in [3.63, 3.8) is 0 Å². The molecular formula is C17H19N3S. The molecule has 2 aromatic heterocycles. The van der Waals surface area contributed by atoms with Gasteiger partial charge in [0.15, 0.2) is 0 Å². The molecule has 0 radical (unpaired) electrons. The van der Waals surface area contributed by atoms with E-state index in [2.05, 4.69) is 53.4 Å². The first-order valence-electron chi connectivity index (χ1n) is 7.33. The standard InChI is InChI=1S/C17H19N3S/c1-3-9-18-12(2)15-11-20-17(21-15)14-8-4-6-13-7-5-10-19-16(13)14/h4-8,10-12,18H,3,9H2,1-2H3. The number of thiazole rings is 1. The minimum Gasteiger partial charge on any atom is -0.309 e. The number of rotatable bonds is 5. The second-order valence-electron chi connectivity index (χ2n) is 5.12. The molecule has 0 aliphatic carbocycles. The van der Waals surface area contributed by atoms with Gasteiger partial charge >= 0.3 is 0 Å². The van der Waals surface area contributed by atoms with Crippen LogP contribution in [0.4, 0.5) is 0 Å². The van der Waals surface area contributed by atoms with E-state index in [1.807, 2.05) is 18.5 Å². The lowest BCUT2D eigenvalue weighted by Crippen LogP contribution is -2.18. The van der Waals surface area contributed by atoms with Gasteiger partial charge in [0.1, 0.15) is 5.01 Å². The predicted molar refractivity (Wildman–Crippen MR) is 89.6 cm³/mol. The second-order valence-corrected chi connectivity index (χ2v) is 6.19. The third-order valence-corrected chi connectivity index (χ3v) is 4.73. The lowest BCUT2D eigenvalue weighted by Gasteiger charge is -2.09. The number of hydrogen-bond donors (Lipinski definition) is 1. The average molecular weight is 297 g/mol. The largest absolute Gasteiger partial charge is 0.309 e. The fourth-order valence-electron chi connectivity index (χ4n) is 2.35. The fraction of sp³-hybridized carbons (Fsp3) is 0.294. The van der Waals surface area contributed by atoms with Crippen LogP contribution in [-0.2, 0) is 0 Å². The summed E-state index contributed by atoms with van der Waals surface area (Å²) in [6, 6.07) is 10.7. The smallest absolute Gasteiger partial charge is 0.125 e. The van der Waals surface area contributed by atoms with E-state index < -0.39 is 0 Å². The van der Waals surface area contributed by atoms with Gasteiger partial charge in [-0.05, 0) is 32.0 Å². The zero-order chi connectivity index (χ0) is 14.7. The first kappa shape index (κ1) is 14.2. The second kappa shape index (κ2) is 6.33. The van der Waals surface area contributed by atoms with Gasteiger partial charge in [-0.2, -0.15) is 0 Å². The Kier molecular flexibility index (Phi) is 4.27. The molecule has 0 saturated carbocycles. The molecule has 3 rings (SSSR count). The number of nitrogens with one attached hydrogen (secondary N) is 1. The Labute approximate surface area is 129 Å². The van der Waals surface area contributed by atoms with Crippen LogP contribution in [0.2, 0.25) is 0 Å². The van der Waals surface area contributed by atoms with Gasteiger partial charge in [-0.15, -0.1) is 11.3 Å². The number of aromatic nitrogens is 2. The third-order valence-electron chi connectivity index (χ3n) is 3.51. The van der Waals surface area contributed by atoms with Crippen LogP contribution in [0, 0.1) is 0 Å². The number of benzene rings is 1. The van der Waals surface area contributed by atoms with Crippen molar-refractivity contribution in [1.29, 1.82) is 0 Å². The van der Waals surface area contributed by atoms with Gasteiger partial charge in [0.2, 0.25) is 0 Å². The van der Waals surface area contributed by atoms with Crippen molar-refractivity contribution >= 4 is 22.2 Å². The van der Waals surface area contributed by atoms with E-state index in [1.54, 1.807) is 11.3 Å². The number of pyridine rings is 1. The number of fused-ring (bicyclic) bond motifs is 1. The van der Waals surface area contributed by atoms with Gasteiger partial charge in [0.05, 0.1) is 5.52 Å². The topological polar surface area (TPSA) is 37.8 Å². The maximum Gasteiger partial charge on any atom is 0.125 e. The highest BCUT2D eigenvalue weighted by molar-refractivity contribution is 7.15. The Morgan fingerprint density at radius 1 is 1.19 bits per heavy atom. The summed E-state index contributed by atoms with van der Waals surface area (Å²) in [6.07, 6.45) is 4.96. The minimum atomic E-state index is 0.346. The van der Waals surface area contributed by atoms with E-state index >= 15 is 0 Å². The molecule has 0 bridgehead atoms. The van der Waals surface area contributed by atoms with E-state index in [1.165, 1.54) is 4.88 Å². The zero-order valence-electron chi connectivity index (χ0n) is 12.3. The highest BCUT2D eigenvalue weighted by Crippen LogP contribution is 2.32. The molecule has 0 amide bonds. The molecule has 1 N–H and O–H groups in total. The lowest BCUT2D eigenvalue weighted by atomic mass is 10.1. The zero-order valence-corrected chi connectivity index (χ0v) is 13.2. The van der Waals surface area contributed by atoms with Gasteiger partial charge in [0.25, 0.3) is 0 Å². The average Bonchev–Trinajstić information content (AvgIpc) is 3.02. The maximum atomic E-state index is 4.60. The Morgan fingerprint density at radius 3 is 2.90 bits per heavy atom. The van der Waals surface area contributed by atoms with Crippen molar-refractivity contribution in [2.45, 2.75) is 26.3 Å². The third kappa shape index (κ3) is 2.96. The van der Waals surface area contributed by atoms with Crippen LogP contribution < -0.4 is 5.32 Å².